The molecule has 4 nitrogen and oxygen atoms in total. The molecule has 6 heteroatoms. The van der Waals surface area contributed by atoms with Crippen LogP contribution in [0.5, 0.6) is 11.5 Å². The van der Waals surface area contributed by atoms with Gasteiger partial charge in [-0.3, -0.25) is 9.59 Å². The molecular formula is C33H30O4S2. The van der Waals surface area contributed by atoms with E-state index in [1.807, 2.05) is 48.5 Å². The van der Waals surface area contributed by atoms with Crippen LogP contribution < -0.4 is 9.47 Å². The highest BCUT2D eigenvalue weighted by molar-refractivity contribution is 7.80. The van der Waals surface area contributed by atoms with E-state index >= 15 is 0 Å². The summed E-state index contributed by atoms with van der Waals surface area (Å²) in [6.07, 6.45) is 2.03. The molecule has 1 aliphatic rings. The Morgan fingerprint density at radius 3 is 1.33 bits per heavy atom. The minimum absolute atomic E-state index is 0.262. The minimum Gasteiger partial charge on any atom is -0.427 e. The minimum atomic E-state index is -0.601. The number of esters is 2. The van der Waals surface area contributed by atoms with Gasteiger partial charge in [-0.05, 0) is 82.0 Å². The normalized spacial score (nSPS) is 12.9. The van der Waals surface area contributed by atoms with Crippen molar-refractivity contribution in [2.45, 2.75) is 31.1 Å². The summed E-state index contributed by atoms with van der Waals surface area (Å²) in [7, 11) is 0. The maximum absolute atomic E-state index is 12.2. The maximum atomic E-state index is 12.2. The fraction of sp³-hybridized carbons (Fsp3) is 0.212. The van der Waals surface area contributed by atoms with Crippen molar-refractivity contribution < 1.29 is 19.1 Å². The number of benzene rings is 4. The van der Waals surface area contributed by atoms with Gasteiger partial charge in [0.15, 0.2) is 0 Å². The van der Waals surface area contributed by atoms with Crippen LogP contribution >= 0.6 is 25.3 Å². The molecule has 0 aliphatic heterocycles. The first-order valence-corrected chi connectivity index (χ1v) is 14.4. The van der Waals surface area contributed by atoms with E-state index < -0.39 is 5.41 Å². The van der Waals surface area contributed by atoms with E-state index in [1.54, 1.807) is 0 Å². The Morgan fingerprint density at radius 2 is 0.949 bits per heavy atom. The van der Waals surface area contributed by atoms with Crippen LogP contribution in [0.15, 0.2) is 97.1 Å². The number of fused-ring (bicyclic) bond motifs is 3. The summed E-state index contributed by atoms with van der Waals surface area (Å²) in [5.41, 5.74) is 6.19. The Bertz CT molecular complexity index is 1350. The molecule has 0 spiro atoms. The van der Waals surface area contributed by atoms with Crippen LogP contribution in [0, 0.1) is 0 Å². The summed E-state index contributed by atoms with van der Waals surface area (Å²) in [6, 6.07) is 32.5. The summed E-state index contributed by atoms with van der Waals surface area (Å²) in [5, 5.41) is 0. The van der Waals surface area contributed by atoms with Crippen LogP contribution in [0.1, 0.15) is 47.9 Å². The zero-order chi connectivity index (χ0) is 27.2. The van der Waals surface area contributed by atoms with Gasteiger partial charge in [0.1, 0.15) is 11.5 Å². The monoisotopic (exact) mass is 554 g/mol. The molecule has 39 heavy (non-hydrogen) atoms. The van der Waals surface area contributed by atoms with E-state index in [-0.39, 0.29) is 11.9 Å². The van der Waals surface area contributed by atoms with Gasteiger partial charge in [0.2, 0.25) is 0 Å². The molecule has 198 valence electrons. The first-order valence-electron chi connectivity index (χ1n) is 13.1. The summed E-state index contributed by atoms with van der Waals surface area (Å²) < 4.78 is 11.1. The third kappa shape index (κ3) is 5.36. The summed E-state index contributed by atoms with van der Waals surface area (Å²) in [6.45, 7) is 0. The summed E-state index contributed by atoms with van der Waals surface area (Å²) in [4.78, 5) is 24.4. The molecule has 0 heterocycles. The van der Waals surface area contributed by atoms with Gasteiger partial charge >= 0.3 is 11.9 Å². The number of hydrogen-bond acceptors (Lipinski definition) is 6. The zero-order valence-corrected chi connectivity index (χ0v) is 23.3. The molecule has 0 bridgehead atoms. The second-order valence-electron chi connectivity index (χ2n) is 9.49. The number of carbonyl (C=O) groups excluding carboxylic acids is 2. The Hall–Kier alpha value is -3.48. The van der Waals surface area contributed by atoms with E-state index in [0.29, 0.717) is 48.7 Å². The molecule has 0 aromatic heterocycles. The van der Waals surface area contributed by atoms with Crippen LogP contribution in [0.25, 0.3) is 11.1 Å². The number of carbonyl (C=O) groups is 2. The Balaban J connectivity index is 1.59. The van der Waals surface area contributed by atoms with Gasteiger partial charge in [-0.25, -0.2) is 0 Å². The van der Waals surface area contributed by atoms with E-state index in [1.165, 1.54) is 22.3 Å². The van der Waals surface area contributed by atoms with E-state index in [2.05, 4.69) is 73.8 Å². The predicted molar refractivity (Wildman–Crippen MR) is 161 cm³/mol. The Kier molecular flexibility index (Phi) is 8.44. The first kappa shape index (κ1) is 27.1. The highest BCUT2D eigenvalue weighted by Crippen LogP contribution is 2.56. The first-order chi connectivity index (χ1) is 19.1. The van der Waals surface area contributed by atoms with Crippen LogP contribution in [0.4, 0.5) is 0 Å². The second-order valence-corrected chi connectivity index (χ2v) is 10.4. The second kappa shape index (κ2) is 12.1. The molecule has 0 N–H and O–H groups in total. The lowest BCUT2D eigenvalue weighted by Gasteiger charge is -2.34. The lowest BCUT2D eigenvalue weighted by atomic mass is 9.68. The van der Waals surface area contributed by atoms with E-state index in [9.17, 15) is 9.59 Å². The molecule has 1 aliphatic carbocycles. The SMILES string of the molecule is O=C(CCCS)Oc1ccc(C2(c3ccc(OC(=O)CCCS)cc3)c3ccccc3-c3ccccc32)cc1. The predicted octanol–water partition coefficient (Wildman–Crippen LogP) is 7.28. The van der Waals surface area contributed by atoms with Crippen molar-refractivity contribution in [3.05, 3.63) is 119 Å². The molecule has 5 rings (SSSR count). The molecule has 0 fully saturated rings. The fourth-order valence-electron chi connectivity index (χ4n) is 5.38. The number of hydrogen-bond donors (Lipinski definition) is 2. The van der Waals surface area contributed by atoms with Crippen molar-refractivity contribution in [1.29, 1.82) is 0 Å². The van der Waals surface area contributed by atoms with Crippen LogP contribution in [0.2, 0.25) is 0 Å². The zero-order valence-electron chi connectivity index (χ0n) is 21.5. The molecular weight excluding hydrogens is 524 g/mol. The topological polar surface area (TPSA) is 52.6 Å². The van der Waals surface area contributed by atoms with Gasteiger partial charge in [0, 0.05) is 12.8 Å². The van der Waals surface area contributed by atoms with Crippen molar-refractivity contribution in [1.82, 2.24) is 0 Å². The maximum Gasteiger partial charge on any atom is 0.311 e. The van der Waals surface area contributed by atoms with Crippen molar-refractivity contribution >= 4 is 37.2 Å². The largest absolute Gasteiger partial charge is 0.427 e. The van der Waals surface area contributed by atoms with Gasteiger partial charge < -0.3 is 9.47 Å². The molecule has 0 atom stereocenters. The average molecular weight is 555 g/mol. The van der Waals surface area contributed by atoms with Crippen LogP contribution in [-0.4, -0.2) is 23.4 Å². The fourth-order valence-corrected chi connectivity index (χ4v) is 5.70. The standard InChI is InChI=1S/C33H30O4S2/c34-31(11-5-21-38)36-25-17-13-23(14-18-25)33(24-15-19-26(20-16-24)37-32(35)12-6-22-39)29-9-3-1-7-27(29)28-8-2-4-10-30(28)33/h1-4,7-10,13-20,38-39H,5-6,11-12,21-22H2. The number of ether oxygens (including phenoxy) is 2. The van der Waals surface area contributed by atoms with Crippen molar-refractivity contribution in [2.75, 3.05) is 11.5 Å². The highest BCUT2D eigenvalue weighted by atomic mass is 32.1. The van der Waals surface area contributed by atoms with E-state index in [4.69, 9.17) is 9.47 Å². The van der Waals surface area contributed by atoms with E-state index in [0.717, 1.165) is 11.1 Å². The molecule has 4 aromatic rings. The van der Waals surface area contributed by atoms with Gasteiger partial charge in [-0.15, -0.1) is 0 Å². The quantitative estimate of drug-likeness (QED) is 0.108. The third-order valence-electron chi connectivity index (χ3n) is 7.07. The molecule has 0 saturated carbocycles. The lowest BCUT2D eigenvalue weighted by Crippen LogP contribution is -2.28. The molecule has 0 unspecified atom stereocenters. The summed E-state index contributed by atoms with van der Waals surface area (Å²) >= 11 is 8.35. The average Bonchev–Trinajstić information content (AvgIpc) is 3.27. The lowest BCUT2D eigenvalue weighted by molar-refractivity contribution is -0.135. The molecule has 0 saturated heterocycles. The van der Waals surface area contributed by atoms with Crippen LogP contribution in [0.3, 0.4) is 0 Å². The molecule has 0 radical (unpaired) electrons. The third-order valence-corrected chi connectivity index (χ3v) is 7.70. The Labute approximate surface area is 240 Å². The molecule has 0 amide bonds. The van der Waals surface area contributed by atoms with Gasteiger partial charge in [0.05, 0.1) is 5.41 Å². The Morgan fingerprint density at radius 1 is 0.564 bits per heavy atom. The number of thiol groups is 2. The van der Waals surface area contributed by atoms with Gasteiger partial charge in [0.25, 0.3) is 0 Å². The van der Waals surface area contributed by atoms with Gasteiger partial charge in [-0.2, -0.15) is 25.3 Å². The summed E-state index contributed by atoms with van der Waals surface area (Å²) in [5.74, 6) is 1.79. The smallest absolute Gasteiger partial charge is 0.311 e. The molecule has 4 aromatic carbocycles. The van der Waals surface area contributed by atoms with Crippen molar-refractivity contribution in [2.24, 2.45) is 0 Å². The highest BCUT2D eigenvalue weighted by Gasteiger charge is 2.45. The van der Waals surface area contributed by atoms with Crippen molar-refractivity contribution in [3.8, 4) is 22.6 Å². The van der Waals surface area contributed by atoms with Crippen LogP contribution in [-0.2, 0) is 15.0 Å². The van der Waals surface area contributed by atoms with Crippen molar-refractivity contribution in [3.63, 3.8) is 0 Å². The van der Waals surface area contributed by atoms with Gasteiger partial charge in [-0.1, -0.05) is 72.8 Å². The number of rotatable bonds is 10.